The van der Waals surface area contributed by atoms with Gasteiger partial charge in [0.15, 0.2) is 5.78 Å². The Morgan fingerprint density at radius 1 is 1.25 bits per heavy atom. The van der Waals surface area contributed by atoms with Crippen LogP contribution in [0.1, 0.15) is 22.3 Å². The van der Waals surface area contributed by atoms with E-state index in [0.29, 0.717) is 11.3 Å². The highest BCUT2D eigenvalue weighted by Crippen LogP contribution is 2.21. The summed E-state index contributed by atoms with van der Waals surface area (Å²) in [6.45, 7) is 1.78. The van der Waals surface area contributed by atoms with Crippen molar-refractivity contribution in [2.45, 2.75) is 13.3 Å². The number of ether oxygens (including phenoxy) is 2. The third-order valence-electron chi connectivity index (χ3n) is 2.34. The van der Waals surface area contributed by atoms with E-state index in [1.54, 1.807) is 25.1 Å². The van der Waals surface area contributed by atoms with Gasteiger partial charge in [-0.3, -0.25) is 9.59 Å². The summed E-state index contributed by atoms with van der Waals surface area (Å²) in [4.78, 5) is 22.7. The Balaban J connectivity index is 2.96. The molecule has 0 spiro atoms. The number of Topliss-reactive ketones (excluding diaryl/α,β-unsaturated/α-hetero) is 1. The van der Waals surface area contributed by atoms with Crippen LogP contribution in [0.15, 0.2) is 18.2 Å². The molecule has 86 valence electrons. The molecular formula is C12H14O4. The minimum absolute atomic E-state index is 0.246. The van der Waals surface area contributed by atoms with Gasteiger partial charge in [-0.05, 0) is 13.0 Å². The smallest absolute Gasteiger partial charge is 0.313 e. The topological polar surface area (TPSA) is 52.6 Å². The van der Waals surface area contributed by atoms with Crippen molar-refractivity contribution in [1.29, 1.82) is 0 Å². The SMILES string of the molecule is COC(=O)CC(=O)c1cccc(OC)c1C. The Morgan fingerprint density at radius 3 is 2.50 bits per heavy atom. The fourth-order valence-electron chi connectivity index (χ4n) is 1.44. The fourth-order valence-corrected chi connectivity index (χ4v) is 1.44. The molecule has 0 saturated heterocycles. The summed E-state index contributed by atoms with van der Waals surface area (Å²) < 4.78 is 9.55. The lowest BCUT2D eigenvalue weighted by Gasteiger charge is -2.08. The third-order valence-corrected chi connectivity index (χ3v) is 2.34. The molecule has 4 heteroatoms. The normalized spacial score (nSPS) is 9.69. The first-order valence-corrected chi connectivity index (χ1v) is 4.83. The van der Waals surface area contributed by atoms with Crippen molar-refractivity contribution in [3.8, 4) is 5.75 Å². The number of carbonyl (C=O) groups is 2. The van der Waals surface area contributed by atoms with Crippen LogP contribution in [0, 0.1) is 6.92 Å². The molecule has 0 radical (unpaired) electrons. The molecule has 1 rings (SSSR count). The predicted molar refractivity (Wildman–Crippen MR) is 58.7 cm³/mol. The number of carbonyl (C=O) groups excluding carboxylic acids is 2. The molecule has 0 aliphatic carbocycles. The molecule has 4 nitrogen and oxygen atoms in total. The summed E-state index contributed by atoms with van der Waals surface area (Å²) >= 11 is 0. The van der Waals surface area contributed by atoms with Crippen LogP contribution in [0.25, 0.3) is 0 Å². The van der Waals surface area contributed by atoms with E-state index in [0.717, 1.165) is 5.56 Å². The number of benzene rings is 1. The van der Waals surface area contributed by atoms with Crippen LogP contribution in [-0.4, -0.2) is 26.0 Å². The van der Waals surface area contributed by atoms with Gasteiger partial charge in [-0.2, -0.15) is 0 Å². The van der Waals surface area contributed by atoms with E-state index in [-0.39, 0.29) is 12.2 Å². The van der Waals surface area contributed by atoms with Crippen molar-refractivity contribution < 1.29 is 19.1 Å². The van der Waals surface area contributed by atoms with Crippen LogP contribution in [0.4, 0.5) is 0 Å². The second kappa shape index (κ2) is 5.30. The first-order valence-electron chi connectivity index (χ1n) is 4.83. The maximum Gasteiger partial charge on any atom is 0.313 e. The molecule has 0 aliphatic rings. The van der Waals surface area contributed by atoms with Crippen molar-refractivity contribution in [3.63, 3.8) is 0 Å². The maximum atomic E-state index is 11.7. The largest absolute Gasteiger partial charge is 0.496 e. The molecule has 0 amide bonds. The van der Waals surface area contributed by atoms with Crippen LogP contribution in [-0.2, 0) is 9.53 Å². The van der Waals surface area contributed by atoms with Gasteiger partial charge in [0.2, 0.25) is 0 Å². The summed E-state index contributed by atoms with van der Waals surface area (Å²) in [7, 11) is 2.80. The quantitative estimate of drug-likeness (QED) is 0.442. The van der Waals surface area contributed by atoms with Gasteiger partial charge in [-0.25, -0.2) is 0 Å². The van der Waals surface area contributed by atoms with Crippen molar-refractivity contribution in [2.24, 2.45) is 0 Å². The molecule has 0 bridgehead atoms. The van der Waals surface area contributed by atoms with Gasteiger partial charge >= 0.3 is 5.97 Å². The lowest BCUT2D eigenvalue weighted by molar-refractivity contribution is -0.139. The monoisotopic (exact) mass is 222 g/mol. The zero-order valence-electron chi connectivity index (χ0n) is 9.57. The Morgan fingerprint density at radius 2 is 1.94 bits per heavy atom. The highest BCUT2D eigenvalue weighted by molar-refractivity contribution is 6.07. The number of methoxy groups -OCH3 is 2. The predicted octanol–water partition coefficient (Wildman–Crippen LogP) is 1.75. The Kier molecular flexibility index (Phi) is 4.05. The van der Waals surface area contributed by atoms with E-state index >= 15 is 0 Å². The van der Waals surface area contributed by atoms with E-state index < -0.39 is 5.97 Å². The molecule has 1 aromatic rings. The zero-order valence-corrected chi connectivity index (χ0v) is 9.57. The molecule has 16 heavy (non-hydrogen) atoms. The van der Waals surface area contributed by atoms with E-state index in [1.807, 2.05) is 0 Å². The van der Waals surface area contributed by atoms with E-state index in [4.69, 9.17) is 4.74 Å². The molecule has 0 atom stereocenters. The highest BCUT2D eigenvalue weighted by Gasteiger charge is 2.15. The van der Waals surface area contributed by atoms with E-state index in [1.165, 1.54) is 14.2 Å². The summed E-state index contributed by atoms with van der Waals surface area (Å²) in [5.41, 5.74) is 1.23. The van der Waals surface area contributed by atoms with Gasteiger partial charge in [-0.15, -0.1) is 0 Å². The van der Waals surface area contributed by atoms with Crippen LogP contribution >= 0.6 is 0 Å². The van der Waals surface area contributed by atoms with Crippen molar-refractivity contribution >= 4 is 11.8 Å². The van der Waals surface area contributed by atoms with Crippen molar-refractivity contribution in [2.75, 3.05) is 14.2 Å². The minimum atomic E-state index is -0.535. The second-order valence-corrected chi connectivity index (χ2v) is 3.31. The molecule has 1 aromatic carbocycles. The minimum Gasteiger partial charge on any atom is -0.496 e. The van der Waals surface area contributed by atoms with Crippen molar-refractivity contribution in [3.05, 3.63) is 29.3 Å². The lowest BCUT2D eigenvalue weighted by Crippen LogP contribution is -2.11. The van der Waals surface area contributed by atoms with Crippen LogP contribution in [0.3, 0.4) is 0 Å². The fraction of sp³-hybridized carbons (Fsp3) is 0.333. The van der Waals surface area contributed by atoms with E-state index in [2.05, 4.69) is 4.74 Å². The lowest BCUT2D eigenvalue weighted by atomic mass is 10.0. The Hall–Kier alpha value is -1.84. The number of ketones is 1. The van der Waals surface area contributed by atoms with Gasteiger partial charge in [-0.1, -0.05) is 12.1 Å². The number of esters is 1. The standard InChI is InChI=1S/C12H14O4/c1-8-9(5-4-6-11(8)15-2)10(13)7-12(14)16-3/h4-6H,7H2,1-3H3. The number of hydrogen-bond donors (Lipinski definition) is 0. The number of hydrogen-bond acceptors (Lipinski definition) is 4. The first-order chi connectivity index (χ1) is 7.60. The zero-order chi connectivity index (χ0) is 12.1. The molecule has 0 saturated carbocycles. The van der Waals surface area contributed by atoms with Crippen LogP contribution in [0.5, 0.6) is 5.75 Å². The second-order valence-electron chi connectivity index (χ2n) is 3.31. The molecule has 0 fully saturated rings. The van der Waals surface area contributed by atoms with Gasteiger partial charge in [0, 0.05) is 11.1 Å². The van der Waals surface area contributed by atoms with Gasteiger partial charge in [0.1, 0.15) is 12.2 Å². The molecule has 0 aliphatic heterocycles. The van der Waals surface area contributed by atoms with Gasteiger partial charge in [0.25, 0.3) is 0 Å². The van der Waals surface area contributed by atoms with E-state index in [9.17, 15) is 9.59 Å². The molecule has 0 N–H and O–H groups in total. The van der Waals surface area contributed by atoms with Gasteiger partial charge in [0.05, 0.1) is 14.2 Å². The van der Waals surface area contributed by atoms with Crippen molar-refractivity contribution in [1.82, 2.24) is 0 Å². The summed E-state index contributed by atoms with van der Waals surface area (Å²) in [6.07, 6.45) is -0.246. The summed E-state index contributed by atoms with van der Waals surface area (Å²) in [5.74, 6) is -0.161. The highest BCUT2D eigenvalue weighted by atomic mass is 16.5. The molecule has 0 heterocycles. The number of rotatable bonds is 4. The molecule has 0 unspecified atom stereocenters. The van der Waals surface area contributed by atoms with Crippen LogP contribution in [0.2, 0.25) is 0 Å². The maximum absolute atomic E-state index is 11.7. The van der Waals surface area contributed by atoms with Gasteiger partial charge < -0.3 is 9.47 Å². The average molecular weight is 222 g/mol. The Bertz CT molecular complexity index is 409. The average Bonchev–Trinajstić information content (AvgIpc) is 2.29. The first kappa shape index (κ1) is 12.2. The third kappa shape index (κ3) is 2.59. The summed E-state index contributed by atoms with van der Waals surface area (Å²) in [5, 5.41) is 0. The molecule has 0 aromatic heterocycles. The molecular weight excluding hydrogens is 208 g/mol. The van der Waals surface area contributed by atoms with Crippen LogP contribution < -0.4 is 4.74 Å². The Labute approximate surface area is 94.2 Å². The summed E-state index contributed by atoms with van der Waals surface area (Å²) in [6, 6.07) is 5.16.